The van der Waals surface area contributed by atoms with Crippen LogP contribution in [0.2, 0.25) is 0 Å². The first-order chi connectivity index (χ1) is 11.5. The van der Waals surface area contributed by atoms with Gasteiger partial charge in [-0.3, -0.25) is 4.79 Å². The highest BCUT2D eigenvalue weighted by molar-refractivity contribution is 5.81. The van der Waals surface area contributed by atoms with Gasteiger partial charge in [0.15, 0.2) is 0 Å². The largest absolute Gasteiger partial charge is 0.460 e. The second kappa shape index (κ2) is 10.7. The smallest absolute Gasteiger partial charge is 0.345 e. The van der Waals surface area contributed by atoms with Gasteiger partial charge in [-0.05, 0) is 40.5 Å². The van der Waals surface area contributed by atoms with E-state index in [2.05, 4.69) is 6.92 Å². The predicted octanol–water partition coefficient (Wildman–Crippen LogP) is 3.19. The van der Waals surface area contributed by atoms with E-state index in [1.165, 1.54) is 6.92 Å². The average Bonchev–Trinajstić information content (AvgIpc) is 2.43. The third-order valence-corrected chi connectivity index (χ3v) is 3.42. The standard InChI is InChI=1S/C12H22O4.C6H12O3/c1-6-8-9-12(7-2,16-15-9)10(13)14-11(3,4)5;1-5(4-8-3)9-6(2)7/h9H,6-8H2,1-5H3;5H,4H2,1-3H3. The molecule has 0 aromatic heterocycles. The summed E-state index contributed by atoms with van der Waals surface area (Å²) in [6.07, 6.45) is 2.04. The number of methoxy groups -OCH3 is 1. The van der Waals surface area contributed by atoms with Crippen LogP contribution in [0, 0.1) is 0 Å². The summed E-state index contributed by atoms with van der Waals surface area (Å²) >= 11 is 0. The van der Waals surface area contributed by atoms with Gasteiger partial charge >= 0.3 is 11.9 Å². The maximum Gasteiger partial charge on any atom is 0.345 e. The van der Waals surface area contributed by atoms with Gasteiger partial charge in [0, 0.05) is 14.0 Å². The normalized spacial score (nSPS) is 23.6. The molecule has 3 unspecified atom stereocenters. The third kappa shape index (κ3) is 8.16. The summed E-state index contributed by atoms with van der Waals surface area (Å²) in [6, 6.07) is 0. The van der Waals surface area contributed by atoms with Gasteiger partial charge in [0.1, 0.15) is 17.8 Å². The minimum absolute atomic E-state index is 0.132. The lowest BCUT2D eigenvalue weighted by atomic mass is 9.89. The van der Waals surface area contributed by atoms with Crippen molar-refractivity contribution < 1.29 is 33.6 Å². The lowest BCUT2D eigenvalue weighted by Crippen LogP contribution is -2.62. The molecule has 0 saturated carbocycles. The van der Waals surface area contributed by atoms with Crippen molar-refractivity contribution in [1.29, 1.82) is 0 Å². The minimum Gasteiger partial charge on any atom is -0.460 e. The molecule has 1 aliphatic rings. The van der Waals surface area contributed by atoms with Gasteiger partial charge in [0.05, 0.1) is 6.61 Å². The minimum atomic E-state index is -0.886. The molecular formula is C18H34O7. The number of carbonyl (C=O) groups is 2. The molecule has 1 heterocycles. The van der Waals surface area contributed by atoms with Crippen molar-refractivity contribution in [2.24, 2.45) is 0 Å². The van der Waals surface area contributed by atoms with E-state index in [4.69, 9.17) is 24.0 Å². The Balaban J connectivity index is 0.000000547. The zero-order valence-corrected chi connectivity index (χ0v) is 16.8. The van der Waals surface area contributed by atoms with E-state index in [-0.39, 0.29) is 24.1 Å². The lowest BCUT2D eigenvalue weighted by Gasteiger charge is -2.45. The maximum atomic E-state index is 12.1. The fraction of sp³-hybridized carbons (Fsp3) is 0.889. The number of rotatable bonds is 7. The number of carbonyl (C=O) groups excluding carboxylic acids is 2. The molecule has 0 spiro atoms. The van der Waals surface area contributed by atoms with Gasteiger partial charge in [-0.2, -0.15) is 0 Å². The van der Waals surface area contributed by atoms with Crippen LogP contribution in [0.15, 0.2) is 0 Å². The first-order valence-corrected chi connectivity index (χ1v) is 8.76. The van der Waals surface area contributed by atoms with E-state index in [1.807, 2.05) is 27.7 Å². The summed E-state index contributed by atoms with van der Waals surface area (Å²) in [7, 11) is 1.57. The summed E-state index contributed by atoms with van der Waals surface area (Å²) in [4.78, 5) is 32.4. The predicted molar refractivity (Wildman–Crippen MR) is 92.8 cm³/mol. The molecule has 7 heteroatoms. The van der Waals surface area contributed by atoms with Crippen LogP contribution in [-0.2, 0) is 33.6 Å². The van der Waals surface area contributed by atoms with Gasteiger partial charge in [-0.15, -0.1) is 0 Å². The van der Waals surface area contributed by atoms with Crippen LogP contribution in [-0.4, -0.2) is 49.1 Å². The number of esters is 2. The van der Waals surface area contributed by atoms with Crippen molar-refractivity contribution >= 4 is 11.9 Å². The molecule has 0 aromatic rings. The summed E-state index contributed by atoms with van der Waals surface area (Å²) in [6.45, 7) is 13.1. The SMILES string of the molecule is CCCC1OOC1(CC)C(=O)OC(C)(C)C.COCC(C)OC(C)=O. The second-order valence-electron chi connectivity index (χ2n) is 7.08. The molecule has 1 rings (SSSR count). The molecule has 1 saturated heterocycles. The van der Waals surface area contributed by atoms with Gasteiger partial charge < -0.3 is 14.2 Å². The fourth-order valence-electron chi connectivity index (χ4n) is 2.29. The maximum absolute atomic E-state index is 12.1. The van der Waals surface area contributed by atoms with Gasteiger partial charge in [-0.1, -0.05) is 20.3 Å². The molecule has 0 aliphatic carbocycles. The molecule has 7 nitrogen and oxygen atoms in total. The molecule has 0 bridgehead atoms. The van der Waals surface area contributed by atoms with Gasteiger partial charge in [0.2, 0.25) is 5.60 Å². The Hall–Kier alpha value is -1.18. The average molecular weight is 362 g/mol. The van der Waals surface area contributed by atoms with Crippen molar-refractivity contribution in [3.8, 4) is 0 Å². The van der Waals surface area contributed by atoms with Crippen LogP contribution < -0.4 is 0 Å². The first-order valence-electron chi connectivity index (χ1n) is 8.76. The van der Waals surface area contributed by atoms with E-state index in [9.17, 15) is 9.59 Å². The summed E-state index contributed by atoms with van der Waals surface area (Å²) in [5.41, 5.74) is -1.38. The Bertz CT molecular complexity index is 412. The van der Waals surface area contributed by atoms with Crippen LogP contribution >= 0.6 is 0 Å². The van der Waals surface area contributed by atoms with Crippen molar-refractivity contribution in [1.82, 2.24) is 0 Å². The highest BCUT2D eigenvalue weighted by Crippen LogP contribution is 2.38. The van der Waals surface area contributed by atoms with Crippen LogP contribution in [0.5, 0.6) is 0 Å². The molecule has 25 heavy (non-hydrogen) atoms. The number of hydrogen-bond acceptors (Lipinski definition) is 7. The molecule has 148 valence electrons. The van der Waals surface area contributed by atoms with Crippen molar-refractivity contribution in [2.45, 2.75) is 91.1 Å². The zero-order chi connectivity index (χ0) is 19.7. The number of hydrogen-bond donors (Lipinski definition) is 0. The van der Waals surface area contributed by atoms with Gasteiger partial charge in [-0.25, -0.2) is 14.6 Å². The molecule has 1 aliphatic heterocycles. The Morgan fingerprint density at radius 3 is 2.16 bits per heavy atom. The Labute approximate surface area is 151 Å². The van der Waals surface area contributed by atoms with E-state index in [0.717, 1.165) is 12.8 Å². The Morgan fingerprint density at radius 2 is 1.84 bits per heavy atom. The zero-order valence-electron chi connectivity index (χ0n) is 16.8. The molecular weight excluding hydrogens is 328 g/mol. The molecule has 0 aromatic carbocycles. The first kappa shape index (κ1) is 23.8. The van der Waals surface area contributed by atoms with E-state index >= 15 is 0 Å². The summed E-state index contributed by atoms with van der Waals surface area (Å²) in [5, 5.41) is 0. The topological polar surface area (TPSA) is 80.3 Å². The van der Waals surface area contributed by atoms with Crippen molar-refractivity contribution in [3.63, 3.8) is 0 Å². The molecule has 1 fully saturated rings. The Kier molecular flexibility index (Phi) is 10.2. The van der Waals surface area contributed by atoms with Crippen LogP contribution in [0.3, 0.4) is 0 Å². The third-order valence-electron chi connectivity index (χ3n) is 3.42. The fourth-order valence-corrected chi connectivity index (χ4v) is 2.29. The molecule has 3 atom stereocenters. The highest BCUT2D eigenvalue weighted by Gasteiger charge is 2.57. The van der Waals surface area contributed by atoms with Crippen molar-refractivity contribution in [2.75, 3.05) is 13.7 Å². The summed E-state index contributed by atoms with van der Waals surface area (Å²) < 4.78 is 14.8. The summed E-state index contributed by atoms with van der Waals surface area (Å²) in [5.74, 6) is -0.577. The van der Waals surface area contributed by atoms with Crippen LogP contribution in [0.1, 0.15) is 67.7 Å². The molecule has 0 radical (unpaired) electrons. The van der Waals surface area contributed by atoms with Crippen LogP contribution in [0.4, 0.5) is 0 Å². The second-order valence-corrected chi connectivity index (χ2v) is 7.08. The quantitative estimate of drug-likeness (QED) is 0.508. The highest BCUT2D eigenvalue weighted by atomic mass is 17.3. The lowest BCUT2D eigenvalue weighted by molar-refractivity contribution is -0.499. The van der Waals surface area contributed by atoms with Gasteiger partial charge in [0.25, 0.3) is 0 Å². The van der Waals surface area contributed by atoms with Crippen LogP contribution in [0.25, 0.3) is 0 Å². The van der Waals surface area contributed by atoms with Crippen molar-refractivity contribution in [3.05, 3.63) is 0 Å². The monoisotopic (exact) mass is 362 g/mol. The van der Waals surface area contributed by atoms with E-state index < -0.39 is 11.2 Å². The number of ether oxygens (including phenoxy) is 3. The molecule has 0 amide bonds. The van der Waals surface area contributed by atoms with E-state index in [0.29, 0.717) is 13.0 Å². The Morgan fingerprint density at radius 1 is 1.24 bits per heavy atom. The molecule has 0 N–H and O–H groups in total. The van der Waals surface area contributed by atoms with E-state index in [1.54, 1.807) is 14.0 Å².